The van der Waals surface area contributed by atoms with Gasteiger partial charge >= 0.3 is 6.18 Å². The zero-order valence-electron chi connectivity index (χ0n) is 19.8. The number of nitrogens with one attached hydrogen (secondary N) is 2. The third-order valence-electron chi connectivity index (χ3n) is 5.47. The Morgan fingerprint density at radius 3 is 2.63 bits per heavy atom. The van der Waals surface area contributed by atoms with Crippen molar-refractivity contribution < 1.29 is 22.3 Å². The molecule has 0 aliphatic rings. The zero-order chi connectivity index (χ0) is 26.7. The van der Waals surface area contributed by atoms with E-state index in [1.54, 1.807) is 24.4 Å². The fourth-order valence-electron chi connectivity index (χ4n) is 3.69. The van der Waals surface area contributed by atoms with Gasteiger partial charge in [-0.1, -0.05) is 0 Å². The SMILES string of the molecule is COc1cc(-c2nc3sccn3c2-c2ccnc(NCCNSc3ccc(C(F)(F)F)cc3)n2)ccc1F. The number of anilines is 1. The summed E-state index contributed by atoms with van der Waals surface area (Å²) in [5.41, 5.74) is 2.00. The van der Waals surface area contributed by atoms with E-state index >= 15 is 0 Å². The summed E-state index contributed by atoms with van der Waals surface area (Å²) in [6, 6.07) is 11.3. The molecule has 0 saturated heterocycles. The Balaban J connectivity index is 1.28. The lowest BCUT2D eigenvalue weighted by atomic mass is 10.1. The van der Waals surface area contributed by atoms with Gasteiger partial charge in [0, 0.05) is 41.3 Å². The van der Waals surface area contributed by atoms with E-state index in [9.17, 15) is 17.6 Å². The van der Waals surface area contributed by atoms with Crippen molar-refractivity contribution in [3.8, 4) is 28.4 Å². The van der Waals surface area contributed by atoms with Crippen LogP contribution in [0.25, 0.3) is 27.6 Å². The topological polar surface area (TPSA) is 76.4 Å². The highest BCUT2D eigenvalue weighted by atomic mass is 32.2. The Hall–Kier alpha value is -3.68. The molecule has 196 valence electrons. The van der Waals surface area contributed by atoms with Gasteiger partial charge in [0.25, 0.3) is 0 Å². The maximum absolute atomic E-state index is 14.0. The summed E-state index contributed by atoms with van der Waals surface area (Å²) in [4.78, 5) is 15.1. The molecule has 0 spiro atoms. The average molecular weight is 561 g/mol. The molecule has 38 heavy (non-hydrogen) atoms. The van der Waals surface area contributed by atoms with Crippen LogP contribution >= 0.6 is 23.3 Å². The van der Waals surface area contributed by atoms with E-state index in [0.717, 1.165) is 22.8 Å². The molecular formula is C25H20F4N6OS2. The fourth-order valence-corrected chi connectivity index (χ4v) is 5.04. The fraction of sp³-hybridized carbons (Fsp3) is 0.160. The molecule has 0 aliphatic carbocycles. The van der Waals surface area contributed by atoms with Crippen molar-refractivity contribution in [2.45, 2.75) is 11.1 Å². The number of ether oxygens (including phenoxy) is 1. The first-order chi connectivity index (χ1) is 18.3. The molecule has 2 N–H and O–H groups in total. The van der Waals surface area contributed by atoms with Crippen molar-refractivity contribution in [1.29, 1.82) is 0 Å². The molecule has 5 aromatic rings. The van der Waals surface area contributed by atoms with Gasteiger partial charge in [0.2, 0.25) is 5.95 Å². The smallest absolute Gasteiger partial charge is 0.416 e. The van der Waals surface area contributed by atoms with Crippen LogP contribution in [-0.4, -0.2) is 39.6 Å². The van der Waals surface area contributed by atoms with Gasteiger partial charge in [-0.15, -0.1) is 11.3 Å². The van der Waals surface area contributed by atoms with Gasteiger partial charge in [-0.25, -0.2) is 19.3 Å². The van der Waals surface area contributed by atoms with Crippen LogP contribution in [0.2, 0.25) is 0 Å². The number of methoxy groups -OCH3 is 1. The van der Waals surface area contributed by atoms with Crippen LogP contribution in [0.4, 0.5) is 23.5 Å². The summed E-state index contributed by atoms with van der Waals surface area (Å²) < 4.78 is 62.3. The van der Waals surface area contributed by atoms with E-state index in [-0.39, 0.29) is 5.75 Å². The van der Waals surface area contributed by atoms with Crippen LogP contribution in [0.5, 0.6) is 5.75 Å². The molecule has 0 aliphatic heterocycles. The molecule has 7 nitrogen and oxygen atoms in total. The number of rotatable bonds is 9. The third-order valence-corrected chi connectivity index (χ3v) is 7.08. The number of aromatic nitrogens is 4. The number of nitrogens with zero attached hydrogens (tertiary/aromatic N) is 4. The Labute approximate surface area is 223 Å². The minimum absolute atomic E-state index is 0.122. The number of benzene rings is 2. The largest absolute Gasteiger partial charge is 0.494 e. The molecule has 3 aromatic heterocycles. The average Bonchev–Trinajstić information content (AvgIpc) is 3.50. The summed E-state index contributed by atoms with van der Waals surface area (Å²) in [7, 11) is 1.41. The molecule has 0 unspecified atom stereocenters. The van der Waals surface area contributed by atoms with Crippen molar-refractivity contribution in [3.05, 3.63) is 77.7 Å². The predicted octanol–water partition coefficient (Wildman–Crippen LogP) is 6.40. The Morgan fingerprint density at radius 1 is 1.05 bits per heavy atom. The van der Waals surface area contributed by atoms with Crippen molar-refractivity contribution >= 4 is 34.2 Å². The quantitative estimate of drug-likeness (QED) is 0.123. The minimum Gasteiger partial charge on any atom is -0.494 e. The normalized spacial score (nSPS) is 11.7. The standard InChI is InChI=1S/C25H20F4N6OS2/c1-36-20-14-15(2-7-18(20)26)21-22(35-12-13-37-24(35)34-21)19-8-9-30-23(33-19)31-10-11-32-38-17-5-3-16(4-6-17)25(27,28)29/h2-9,12-14,32H,10-11H2,1H3,(H,30,31,33). The Bertz CT molecular complexity index is 1550. The highest BCUT2D eigenvalue weighted by Gasteiger charge is 2.30. The molecule has 0 fully saturated rings. The van der Waals surface area contributed by atoms with Gasteiger partial charge in [0.15, 0.2) is 16.5 Å². The van der Waals surface area contributed by atoms with E-state index < -0.39 is 17.6 Å². The second kappa shape index (κ2) is 11.0. The summed E-state index contributed by atoms with van der Waals surface area (Å²) in [6.45, 7) is 0.973. The number of imidazole rings is 1. The number of alkyl halides is 3. The van der Waals surface area contributed by atoms with Crippen LogP contribution in [0.1, 0.15) is 5.56 Å². The summed E-state index contributed by atoms with van der Waals surface area (Å²) in [6.07, 6.45) is -0.826. The molecule has 5 rings (SSSR count). The number of hydrogen-bond donors (Lipinski definition) is 2. The number of fused-ring (bicyclic) bond motifs is 1. The second-order valence-corrected chi connectivity index (χ2v) is 9.76. The first-order valence-electron chi connectivity index (χ1n) is 11.3. The molecule has 2 aromatic carbocycles. The van der Waals surface area contributed by atoms with Crippen molar-refractivity contribution in [1.82, 2.24) is 24.1 Å². The van der Waals surface area contributed by atoms with E-state index in [1.165, 1.54) is 48.6 Å². The number of hydrogen-bond acceptors (Lipinski definition) is 8. The van der Waals surface area contributed by atoms with Gasteiger partial charge in [0.05, 0.1) is 24.1 Å². The summed E-state index contributed by atoms with van der Waals surface area (Å²) in [5, 5.41) is 5.06. The first kappa shape index (κ1) is 25.9. The van der Waals surface area contributed by atoms with E-state index in [4.69, 9.17) is 9.72 Å². The third kappa shape index (κ3) is 5.59. The van der Waals surface area contributed by atoms with Gasteiger partial charge in [0.1, 0.15) is 5.69 Å². The molecule has 0 amide bonds. The highest BCUT2D eigenvalue weighted by Crippen LogP contribution is 2.35. The maximum atomic E-state index is 14.0. The minimum atomic E-state index is -4.35. The number of thiazole rings is 1. The van der Waals surface area contributed by atoms with Crippen LogP contribution in [0, 0.1) is 5.82 Å². The van der Waals surface area contributed by atoms with E-state index in [1.807, 2.05) is 16.0 Å². The van der Waals surface area contributed by atoms with Gasteiger partial charge in [-0.05, 0) is 60.5 Å². The predicted molar refractivity (Wildman–Crippen MR) is 140 cm³/mol. The van der Waals surface area contributed by atoms with Gasteiger partial charge < -0.3 is 10.1 Å². The first-order valence-corrected chi connectivity index (χ1v) is 13.0. The lowest BCUT2D eigenvalue weighted by Gasteiger charge is -2.10. The second-order valence-electron chi connectivity index (χ2n) is 7.92. The Kier molecular flexibility index (Phi) is 7.49. The molecule has 0 bridgehead atoms. The molecular weight excluding hydrogens is 540 g/mol. The van der Waals surface area contributed by atoms with Crippen LogP contribution in [0.3, 0.4) is 0 Å². The molecule has 3 heterocycles. The zero-order valence-corrected chi connectivity index (χ0v) is 21.4. The summed E-state index contributed by atoms with van der Waals surface area (Å²) >= 11 is 2.71. The monoisotopic (exact) mass is 560 g/mol. The maximum Gasteiger partial charge on any atom is 0.416 e. The van der Waals surface area contributed by atoms with Gasteiger partial charge in [-0.3, -0.25) is 9.12 Å². The molecule has 0 saturated carbocycles. The lowest BCUT2D eigenvalue weighted by Crippen LogP contribution is -2.17. The highest BCUT2D eigenvalue weighted by molar-refractivity contribution is 7.97. The number of halogens is 4. The van der Waals surface area contributed by atoms with Gasteiger partial charge in [-0.2, -0.15) is 13.2 Å². The summed E-state index contributed by atoms with van der Waals surface area (Å²) in [5.74, 6) is 0.0607. The van der Waals surface area contributed by atoms with Crippen molar-refractivity contribution in [2.24, 2.45) is 0 Å². The molecule has 0 radical (unpaired) electrons. The lowest BCUT2D eigenvalue weighted by molar-refractivity contribution is -0.137. The van der Waals surface area contributed by atoms with Crippen LogP contribution < -0.4 is 14.8 Å². The van der Waals surface area contributed by atoms with Crippen LogP contribution in [0.15, 0.2) is 71.2 Å². The van der Waals surface area contributed by atoms with E-state index in [2.05, 4.69) is 20.0 Å². The Morgan fingerprint density at radius 2 is 1.87 bits per heavy atom. The molecule has 13 heteroatoms. The van der Waals surface area contributed by atoms with Crippen molar-refractivity contribution in [3.63, 3.8) is 0 Å². The van der Waals surface area contributed by atoms with Crippen molar-refractivity contribution in [2.75, 3.05) is 25.5 Å². The van der Waals surface area contributed by atoms with Crippen LogP contribution in [-0.2, 0) is 6.18 Å². The van der Waals surface area contributed by atoms with E-state index in [0.29, 0.717) is 40.9 Å². The molecule has 0 atom stereocenters.